The fourth-order valence-corrected chi connectivity index (χ4v) is 1.45. The number of nitrogens with one attached hydrogen (secondary N) is 2. The Balaban J connectivity index is 2.25. The Morgan fingerprint density at radius 3 is 2.95 bits per heavy atom. The minimum absolute atomic E-state index is 0.0532. The van der Waals surface area contributed by atoms with Gasteiger partial charge < -0.3 is 15.8 Å². The molecule has 2 rings (SSSR count). The molecule has 0 amide bonds. The molecule has 0 aliphatic carbocycles. The maximum Gasteiger partial charge on any atom is 0.372 e. The van der Waals surface area contributed by atoms with Gasteiger partial charge >= 0.3 is 5.69 Å². The average molecular weight is 265 g/mol. The zero-order valence-corrected chi connectivity index (χ0v) is 9.95. The summed E-state index contributed by atoms with van der Waals surface area (Å²) in [5.74, 6) is 0.330. The molecule has 0 radical (unpaired) electrons. The molecule has 0 bridgehead atoms. The van der Waals surface area contributed by atoms with Crippen LogP contribution in [0.2, 0.25) is 0 Å². The number of nitrogens with zero attached hydrogens (tertiary/aromatic N) is 4. The summed E-state index contributed by atoms with van der Waals surface area (Å²) in [5, 5.41) is 20.1. The third-order valence-corrected chi connectivity index (χ3v) is 2.36. The number of ether oxygens (including phenoxy) is 1. The van der Waals surface area contributed by atoms with Crippen molar-refractivity contribution >= 4 is 17.3 Å². The molecule has 2 aromatic rings. The topological polar surface area (TPSA) is 145 Å². The van der Waals surface area contributed by atoms with Gasteiger partial charge in [-0.2, -0.15) is 10.1 Å². The lowest BCUT2D eigenvalue weighted by molar-refractivity contribution is -0.385. The van der Waals surface area contributed by atoms with Crippen LogP contribution < -0.4 is 15.8 Å². The van der Waals surface area contributed by atoms with Crippen molar-refractivity contribution in [2.24, 2.45) is 0 Å². The highest BCUT2D eigenvalue weighted by atomic mass is 16.6. The van der Waals surface area contributed by atoms with Crippen LogP contribution in [0.5, 0.6) is 5.88 Å². The molecule has 19 heavy (non-hydrogen) atoms. The number of anilines is 2. The molecule has 0 unspecified atom stereocenters. The first kappa shape index (κ1) is 12.5. The number of rotatable bonds is 5. The van der Waals surface area contributed by atoms with Crippen LogP contribution in [0, 0.1) is 10.1 Å². The molecular weight excluding hydrogens is 254 g/mol. The fraction of sp³-hybridized carbons (Fsp3) is 0.222. The summed E-state index contributed by atoms with van der Waals surface area (Å²) < 4.78 is 4.83. The van der Waals surface area contributed by atoms with Crippen molar-refractivity contribution in [3.05, 3.63) is 28.2 Å². The van der Waals surface area contributed by atoms with Gasteiger partial charge in [0.05, 0.1) is 18.2 Å². The van der Waals surface area contributed by atoms with Gasteiger partial charge in [-0.05, 0) is 0 Å². The molecule has 0 saturated heterocycles. The van der Waals surface area contributed by atoms with E-state index in [2.05, 4.69) is 25.5 Å². The Morgan fingerprint density at radius 2 is 2.37 bits per heavy atom. The number of hydrogen-bond acceptors (Lipinski definition) is 8. The Hall–Kier alpha value is -2.91. The molecule has 0 saturated carbocycles. The Kier molecular flexibility index (Phi) is 3.41. The third kappa shape index (κ3) is 2.51. The summed E-state index contributed by atoms with van der Waals surface area (Å²) in [6, 6.07) is 0. The van der Waals surface area contributed by atoms with E-state index in [4.69, 9.17) is 10.5 Å². The lowest BCUT2D eigenvalue weighted by Gasteiger charge is -2.07. The summed E-state index contributed by atoms with van der Waals surface area (Å²) in [7, 11) is 1.30. The van der Waals surface area contributed by atoms with E-state index < -0.39 is 4.92 Å². The van der Waals surface area contributed by atoms with Crippen LogP contribution in [0.15, 0.2) is 12.5 Å². The van der Waals surface area contributed by atoms with Crippen LogP contribution in [0.3, 0.4) is 0 Å². The maximum absolute atomic E-state index is 11.0. The van der Waals surface area contributed by atoms with Gasteiger partial charge in [-0.1, -0.05) is 0 Å². The number of aromatic nitrogens is 4. The molecule has 0 spiro atoms. The van der Waals surface area contributed by atoms with E-state index in [1.54, 1.807) is 0 Å². The summed E-state index contributed by atoms with van der Waals surface area (Å²) >= 11 is 0. The summed E-state index contributed by atoms with van der Waals surface area (Å²) in [6.07, 6.45) is 2.69. The number of H-pyrrole nitrogens is 1. The van der Waals surface area contributed by atoms with Gasteiger partial charge in [-0.3, -0.25) is 15.2 Å². The normalized spacial score (nSPS) is 10.2. The molecular formula is C9H11N7O3. The molecule has 0 aliphatic rings. The minimum atomic E-state index is -0.611. The van der Waals surface area contributed by atoms with Crippen LogP contribution in [0.1, 0.15) is 5.56 Å². The smallest absolute Gasteiger partial charge is 0.372 e. The van der Waals surface area contributed by atoms with E-state index in [-0.39, 0.29) is 23.9 Å². The van der Waals surface area contributed by atoms with E-state index in [0.717, 1.165) is 0 Å². The number of hydrogen-bond donors (Lipinski definition) is 3. The summed E-state index contributed by atoms with van der Waals surface area (Å²) in [4.78, 5) is 17.9. The van der Waals surface area contributed by atoms with Gasteiger partial charge in [0.1, 0.15) is 12.1 Å². The lowest BCUT2D eigenvalue weighted by atomic mass is 10.3. The van der Waals surface area contributed by atoms with Gasteiger partial charge in [0.15, 0.2) is 0 Å². The van der Waals surface area contributed by atoms with Crippen LogP contribution in [-0.4, -0.2) is 32.2 Å². The predicted molar refractivity (Wildman–Crippen MR) is 65.6 cm³/mol. The van der Waals surface area contributed by atoms with Gasteiger partial charge in [0, 0.05) is 12.1 Å². The van der Waals surface area contributed by atoms with E-state index in [9.17, 15) is 10.1 Å². The van der Waals surface area contributed by atoms with E-state index in [1.807, 2.05) is 0 Å². The minimum Gasteiger partial charge on any atom is -0.476 e. The van der Waals surface area contributed by atoms with Crippen molar-refractivity contribution < 1.29 is 9.66 Å². The van der Waals surface area contributed by atoms with Crippen molar-refractivity contribution in [3.63, 3.8) is 0 Å². The number of nitro groups is 1. The van der Waals surface area contributed by atoms with Gasteiger partial charge in [0.25, 0.3) is 5.88 Å². The molecule has 2 aromatic heterocycles. The highest BCUT2D eigenvalue weighted by molar-refractivity contribution is 5.61. The van der Waals surface area contributed by atoms with Gasteiger partial charge in [-0.15, -0.1) is 0 Å². The molecule has 10 nitrogen and oxygen atoms in total. The standard InChI is InChI=1S/C9H11N7O3/c1-19-9-6(16(17)18)8(12-4-13-9)11-2-5-3-14-15-7(5)10/h3-4H,2H2,1H3,(H3,10,14,15)(H,11,12,13). The summed E-state index contributed by atoms with van der Waals surface area (Å²) in [5.41, 5.74) is 5.96. The van der Waals surface area contributed by atoms with E-state index in [0.29, 0.717) is 11.4 Å². The zero-order valence-electron chi connectivity index (χ0n) is 9.95. The van der Waals surface area contributed by atoms with Crippen molar-refractivity contribution in [3.8, 4) is 5.88 Å². The van der Waals surface area contributed by atoms with E-state index in [1.165, 1.54) is 19.6 Å². The van der Waals surface area contributed by atoms with Gasteiger partial charge in [-0.25, -0.2) is 4.98 Å². The molecule has 2 heterocycles. The van der Waals surface area contributed by atoms with Crippen molar-refractivity contribution in [1.82, 2.24) is 20.2 Å². The Labute approximate surface area is 107 Å². The molecule has 0 aliphatic heterocycles. The van der Waals surface area contributed by atoms with E-state index >= 15 is 0 Å². The zero-order chi connectivity index (χ0) is 13.8. The fourth-order valence-electron chi connectivity index (χ4n) is 1.45. The quantitative estimate of drug-likeness (QED) is 0.517. The average Bonchev–Trinajstić information content (AvgIpc) is 2.81. The highest BCUT2D eigenvalue weighted by Crippen LogP contribution is 2.30. The first-order valence-corrected chi connectivity index (χ1v) is 5.18. The molecule has 0 atom stereocenters. The third-order valence-electron chi connectivity index (χ3n) is 2.36. The SMILES string of the molecule is COc1ncnc(NCc2cn[nH]c2N)c1[N+](=O)[O-]. The lowest BCUT2D eigenvalue weighted by Crippen LogP contribution is -2.07. The monoisotopic (exact) mass is 265 g/mol. The first-order chi connectivity index (χ1) is 9.13. The van der Waals surface area contributed by atoms with Crippen LogP contribution in [0.25, 0.3) is 0 Å². The van der Waals surface area contributed by atoms with Crippen LogP contribution in [-0.2, 0) is 6.54 Å². The van der Waals surface area contributed by atoms with Crippen LogP contribution in [0.4, 0.5) is 17.3 Å². The molecule has 0 fully saturated rings. The maximum atomic E-state index is 11.0. The van der Waals surface area contributed by atoms with Crippen molar-refractivity contribution in [2.75, 3.05) is 18.2 Å². The summed E-state index contributed by atoms with van der Waals surface area (Å²) in [6.45, 7) is 0.239. The van der Waals surface area contributed by atoms with Crippen LogP contribution >= 0.6 is 0 Å². The second kappa shape index (κ2) is 5.16. The van der Waals surface area contributed by atoms with Gasteiger partial charge in [0.2, 0.25) is 5.82 Å². The first-order valence-electron chi connectivity index (χ1n) is 5.18. The molecule has 100 valence electrons. The predicted octanol–water partition coefficient (Wildman–Crippen LogP) is 0.311. The molecule has 4 N–H and O–H groups in total. The second-order valence-electron chi connectivity index (χ2n) is 3.50. The molecule has 10 heteroatoms. The number of nitrogens with two attached hydrogens (primary N) is 1. The Morgan fingerprint density at radius 1 is 1.58 bits per heavy atom. The Bertz CT molecular complexity index is 597. The number of nitrogen functional groups attached to an aromatic ring is 1. The number of aromatic amines is 1. The second-order valence-corrected chi connectivity index (χ2v) is 3.50. The van der Waals surface area contributed by atoms with Crippen molar-refractivity contribution in [1.29, 1.82) is 0 Å². The highest BCUT2D eigenvalue weighted by Gasteiger charge is 2.23. The molecule has 0 aromatic carbocycles. The largest absolute Gasteiger partial charge is 0.476 e. The number of methoxy groups -OCH3 is 1. The van der Waals surface area contributed by atoms with Crippen molar-refractivity contribution in [2.45, 2.75) is 6.54 Å².